The molecule has 3 aromatic carbocycles. The minimum atomic E-state index is -0.322. The van der Waals surface area contributed by atoms with Crippen LogP contribution in [0.5, 0.6) is 0 Å². The number of hydrogen-bond acceptors (Lipinski definition) is 4. The highest BCUT2D eigenvalue weighted by Gasteiger charge is 2.14. The Morgan fingerprint density at radius 2 is 1.87 bits per heavy atom. The molecular weight excluding hydrogens is 411 g/mol. The van der Waals surface area contributed by atoms with Gasteiger partial charge in [-0.1, -0.05) is 36.0 Å². The lowest BCUT2D eigenvalue weighted by Crippen LogP contribution is -2.26. The highest BCUT2D eigenvalue weighted by Crippen LogP contribution is 2.32. The Morgan fingerprint density at radius 1 is 1.13 bits per heavy atom. The van der Waals surface area contributed by atoms with E-state index in [0.717, 1.165) is 21.1 Å². The van der Waals surface area contributed by atoms with Gasteiger partial charge in [0.1, 0.15) is 17.7 Å². The van der Waals surface area contributed by atoms with Crippen molar-refractivity contribution in [2.24, 2.45) is 7.05 Å². The van der Waals surface area contributed by atoms with Crippen molar-refractivity contribution in [3.63, 3.8) is 0 Å². The normalized spacial score (nSPS) is 10.7. The van der Waals surface area contributed by atoms with Crippen LogP contribution in [0.15, 0.2) is 76.5 Å². The van der Waals surface area contributed by atoms with Crippen molar-refractivity contribution in [3.05, 3.63) is 89.5 Å². The van der Waals surface area contributed by atoms with E-state index in [1.54, 1.807) is 18.2 Å². The monoisotopic (exact) mass is 430 g/mol. The van der Waals surface area contributed by atoms with Gasteiger partial charge < -0.3 is 9.88 Å². The van der Waals surface area contributed by atoms with Crippen LogP contribution in [0.2, 0.25) is 0 Å². The van der Waals surface area contributed by atoms with Crippen molar-refractivity contribution in [1.29, 1.82) is 5.26 Å². The molecule has 0 saturated carbocycles. The molecule has 1 aromatic heterocycles. The van der Waals surface area contributed by atoms with Crippen LogP contribution in [0.3, 0.4) is 0 Å². The SMILES string of the molecule is Cn1c(CCNC(=O)c2ccccc2Sc2ccccc2C#N)nc2cc(F)ccc21. The van der Waals surface area contributed by atoms with Crippen LogP contribution in [0.1, 0.15) is 21.7 Å². The predicted molar refractivity (Wildman–Crippen MR) is 118 cm³/mol. The van der Waals surface area contributed by atoms with Crippen LogP contribution in [0.25, 0.3) is 11.0 Å². The van der Waals surface area contributed by atoms with E-state index >= 15 is 0 Å². The molecule has 4 rings (SSSR count). The molecule has 154 valence electrons. The van der Waals surface area contributed by atoms with Crippen molar-refractivity contribution in [2.45, 2.75) is 16.2 Å². The lowest BCUT2D eigenvalue weighted by molar-refractivity contribution is 0.0951. The third-order valence-corrected chi connectivity index (χ3v) is 6.08. The molecule has 0 radical (unpaired) electrons. The van der Waals surface area contributed by atoms with Gasteiger partial charge in [0.05, 0.1) is 22.2 Å². The number of aromatic nitrogens is 2. The number of nitriles is 1. The summed E-state index contributed by atoms with van der Waals surface area (Å²) in [6.07, 6.45) is 0.519. The third kappa shape index (κ3) is 4.44. The third-order valence-electron chi connectivity index (χ3n) is 4.93. The summed E-state index contributed by atoms with van der Waals surface area (Å²) in [5.74, 6) is 0.256. The van der Waals surface area contributed by atoms with E-state index in [0.29, 0.717) is 29.6 Å². The van der Waals surface area contributed by atoms with Gasteiger partial charge in [-0.2, -0.15) is 5.26 Å². The fourth-order valence-corrected chi connectivity index (χ4v) is 4.36. The van der Waals surface area contributed by atoms with E-state index in [4.69, 9.17) is 0 Å². The van der Waals surface area contributed by atoms with Crippen LogP contribution < -0.4 is 5.32 Å². The average Bonchev–Trinajstić information content (AvgIpc) is 3.09. The molecule has 0 spiro atoms. The molecule has 0 atom stereocenters. The highest BCUT2D eigenvalue weighted by atomic mass is 32.2. The van der Waals surface area contributed by atoms with Gasteiger partial charge in [0.15, 0.2) is 0 Å². The maximum Gasteiger partial charge on any atom is 0.252 e. The van der Waals surface area contributed by atoms with Gasteiger partial charge in [-0.05, 0) is 36.4 Å². The fourth-order valence-electron chi connectivity index (χ4n) is 3.34. The maximum atomic E-state index is 13.4. The molecule has 1 heterocycles. The Labute approximate surface area is 183 Å². The van der Waals surface area contributed by atoms with E-state index in [1.165, 1.54) is 23.9 Å². The van der Waals surface area contributed by atoms with Gasteiger partial charge >= 0.3 is 0 Å². The molecule has 0 aliphatic rings. The summed E-state index contributed by atoms with van der Waals surface area (Å²) in [7, 11) is 1.88. The Morgan fingerprint density at radius 3 is 2.68 bits per heavy atom. The average molecular weight is 431 g/mol. The number of carbonyl (C=O) groups excluding carboxylic acids is 1. The molecule has 7 heteroatoms. The number of halogens is 1. The van der Waals surface area contributed by atoms with Crippen LogP contribution in [-0.4, -0.2) is 22.0 Å². The first-order chi connectivity index (χ1) is 15.1. The number of imidazole rings is 1. The summed E-state index contributed by atoms with van der Waals surface area (Å²) in [6, 6.07) is 21.3. The number of carbonyl (C=O) groups is 1. The van der Waals surface area contributed by atoms with Gasteiger partial charge in [0.2, 0.25) is 0 Å². The van der Waals surface area contributed by atoms with Crippen LogP contribution in [-0.2, 0) is 13.5 Å². The van der Waals surface area contributed by atoms with Crippen LogP contribution in [0.4, 0.5) is 4.39 Å². The Kier molecular flexibility index (Phi) is 6.01. The second-order valence-electron chi connectivity index (χ2n) is 6.93. The second kappa shape index (κ2) is 9.02. The van der Waals surface area contributed by atoms with E-state index < -0.39 is 0 Å². The van der Waals surface area contributed by atoms with E-state index in [9.17, 15) is 14.4 Å². The van der Waals surface area contributed by atoms with Crippen molar-refractivity contribution in [2.75, 3.05) is 6.54 Å². The quantitative estimate of drug-likeness (QED) is 0.481. The molecule has 0 saturated heterocycles. The number of nitrogens with one attached hydrogen (secondary N) is 1. The minimum absolute atomic E-state index is 0.192. The number of benzene rings is 3. The number of amides is 1. The zero-order valence-electron chi connectivity index (χ0n) is 16.8. The van der Waals surface area contributed by atoms with Crippen LogP contribution in [0, 0.1) is 17.1 Å². The van der Waals surface area contributed by atoms with Gasteiger partial charge in [0.25, 0.3) is 5.91 Å². The number of rotatable bonds is 6. The lowest BCUT2D eigenvalue weighted by Gasteiger charge is -2.11. The summed E-state index contributed by atoms with van der Waals surface area (Å²) in [6.45, 7) is 0.395. The first-order valence-electron chi connectivity index (χ1n) is 9.72. The minimum Gasteiger partial charge on any atom is -0.352 e. The summed E-state index contributed by atoms with van der Waals surface area (Å²) < 4.78 is 15.3. The van der Waals surface area contributed by atoms with E-state index in [-0.39, 0.29) is 11.7 Å². The number of nitrogens with zero attached hydrogens (tertiary/aromatic N) is 3. The van der Waals surface area contributed by atoms with Crippen molar-refractivity contribution in [1.82, 2.24) is 14.9 Å². The summed E-state index contributed by atoms with van der Waals surface area (Å²) >= 11 is 1.40. The van der Waals surface area contributed by atoms with Gasteiger partial charge in [-0.25, -0.2) is 9.37 Å². The van der Waals surface area contributed by atoms with Gasteiger partial charge in [-0.15, -0.1) is 0 Å². The fraction of sp³-hybridized carbons (Fsp3) is 0.125. The summed E-state index contributed by atoms with van der Waals surface area (Å²) in [5, 5.41) is 12.3. The zero-order chi connectivity index (χ0) is 21.8. The predicted octanol–water partition coefficient (Wildman–Crippen LogP) is 4.71. The summed E-state index contributed by atoms with van der Waals surface area (Å²) in [4.78, 5) is 18.9. The molecule has 4 aromatic rings. The Hall–Kier alpha value is -3.63. The topological polar surface area (TPSA) is 70.7 Å². The second-order valence-corrected chi connectivity index (χ2v) is 8.02. The Balaban J connectivity index is 1.46. The van der Waals surface area contributed by atoms with Crippen molar-refractivity contribution < 1.29 is 9.18 Å². The smallest absolute Gasteiger partial charge is 0.252 e. The Bertz CT molecular complexity index is 1310. The lowest BCUT2D eigenvalue weighted by atomic mass is 10.2. The van der Waals surface area contributed by atoms with E-state index in [2.05, 4.69) is 16.4 Å². The molecule has 5 nitrogen and oxygen atoms in total. The van der Waals surface area contributed by atoms with Gasteiger partial charge in [0, 0.05) is 35.9 Å². The first-order valence-corrected chi connectivity index (χ1v) is 10.5. The van der Waals surface area contributed by atoms with Crippen molar-refractivity contribution in [3.8, 4) is 6.07 Å². The zero-order valence-corrected chi connectivity index (χ0v) is 17.6. The summed E-state index contributed by atoms with van der Waals surface area (Å²) in [5.41, 5.74) is 2.57. The number of hydrogen-bond donors (Lipinski definition) is 1. The molecule has 0 aliphatic carbocycles. The molecule has 0 fully saturated rings. The molecular formula is C24H19FN4OS. The molecule has 1 amide bonds. The molecule has 0 bridgehead atoms. The maximum absolute atomic E-state index is 13.4. The highest BCUT2D eigenvalue weighted by molar-refractivity contribution is 7.99. The largest absolute Gasteiger partial charge is 0.352 e. The van der Waals surface area contributed by atoms with Crippen LogP contribution >= 0.6 is 11.8 Å². The van der Waals surface area contributed by atoms with Crippen molar-refractivity contribution >= 4 is 28.7 Å². The van der Waals surface area contributed by atoms with E-state index in [1.807, 2.05) is 48.0 Å². The first kappa shape index (κ1) is 20.6. The molecule has 0 unspecified atom stereocenters. The standard InChI is InChI=1S/C24H19FN4OS/c1-29-20-11-10-17(25)14-19(20)28-23(29)12-13-27-24(30)18-7-3-5-9-22(18)31-21-8-4-2-6-16(21)15-26/h2-11,14H,12-13H2,1H3,(H,27,30). The number of fused-ring (bicyclic) bond motifs is 1. The number of aryl methyl sites for hydroxylation is 1. The molecule has 1 N–H and O–H groups in total. The molecule has 31 heavy (non-hydrogen) atoms. The molecule has 0 aliphatic heterocycles. The van der Waals surface area contributed by atoms with Gasteiger partial charge in [-0.3, -0.25) is 4.79 Å².